The third kappa shape index (κ3) is 3.85. The molecule has 5 nitrogen and oxygen atoms in total. The monoisotopic (exact) mass is 408 g/mol. The van der Waals surface area contributed by atoms with Crippen molar-refractivity contribution in [3.8, 4) is 0 Å². The zero-order valence-electron chi connectivity index (χ0n) is 14.4. The number of halogens is 1. The van der Waals surface area contributed by atoms with Crippen molar-refractivity contribution < 1.29 is 13.2 Å². The van der Waals surface area contributed by atoms with Gasteiger partial charge in [-0.25, -0.2) is 8.42 Å². The van der Waals surface area contributed by atoms with Crippen molar-refractivity contribution in [2.75, 3.05) is 22.9 Å². The van der Waals surface area contributed by atoms with Gasteiger partial charge in [0.1, 0.15) is 0 Å². The fourth-order valence-corrected chi connectivity index (χ4v) is 4.01. The van der Waals surface area contributed by atoms with Gasteiger partial charge in [0.05, 0.1) is 16.8 Å². The Morgan fingerprint density at radius 3 is 2.54 bits per heavy atom. The van der Waals surface area contributed by atoms with Gasteiger partial charge in [-0.3, -0.25) is 9.10 Å². The van der Waals surface area contributed by atoms with Gasteiger partial charge < -0.3 is 5.32 Å². The van der Waals surface area contributed by atoms with E-state index in [2.05, 4.69) is 5.32 Å². The van der Waals surface area contributed by atoms with Crippen LogP contribution in [0.3, 0.4) is 0 Å². The molecule has 0 saturated carbocycles. The van der Waals surface area contributed by atoms with E-state index in [1.165, 1.54) is 22.7 Å². The molecule has 0 atom stereocenters. The predicted octanol–water partition coefficient (Wildman–Crippen LogP) is 4.51. The third-order valence-electron chi connectivity index (χ3n) is 4.01. The van der Waals surface area contributed by atoms with E-state index >= 15 is 0 Å². The van der Waals surface area contributed by atoms with Crippen LogP contribution in [-0.4, -0.2) is 27.6 Å². The summed E-state index contributed by atoms with van der Waals surface area (Å²) in [7, 11) is -1.84. The van der Waals surface area contributed by atoms with Gasteiger partial charge in [0.25, 0.3) is 5.91 Å². The van der Waals surface area contributed by atoms with E-state index in [4.69, 9.17) is 11.6 Å². The zero-order chi connectivity index (χ0) is 19.1. The second-order valence-electron chi connectivity index (χ2n) is 5.98. The number of anilines is 2. The average molecular weight is 409 g/mol. The van der Waals surface area contributed by atoms with Crippen molar-refractivity contribution in [2.45, 2.75) is 6.92 Å². The molecule has 1 heterocycles. The summed E-state index contributed by atoms with van der Waals surface area (Å²) in [6.07, 6.45) is 1.15. The molecule has 1 N–H and O–H groups in total. The Labute approximate surface area is 161 Å². The number of nitrogens with zero attached hydrogens (tertiary/aromatic N) is 1. The minimum Gasteiger partial charge on any atom is -0.321 e. The Morgan fingerprint density at radius 1 is 1.15 bits per heavy atom. The highest BCUT2D eigenvalue weighted by atomic mass is 35.5. The van der Waals surface area contributed by atoms with Gasteiger partial charge in [0, 0.05) is 22.5 Å². The number of fused-ring (bicyclic) bond motifs is 1. The highest BCUT2D eigenvalue weighted by Crippen LogP contribution is 2.30. The lowest BCUT2D eigenvalue weighted by Crippen LogP contribution is -2.24. The number of carbonyl (C=O) groups is 1. The second kappa shape index (κ2) is 6.90. The smallest absolute Gasteiger partial charge is 0.265 e. The fraction of sp³-hybridized carbons (Fsp3) is 0.167. The van der Waals surface area contributed by atoms with Gasteiger partial charge in [-0.2, -0.15) is 0 Å². The maximum absolute atomic E-state index is 12.5. The van der Waals surface area contributed by atoms with Crippen LogP contribution in [0.1, 0.15) is 15.2 Å². The van der Waals surface area contributed by atoms with Crippen molar-refractivity contribution in [2.24, 2.45) is 0 Å². The molecule has 0 aliphatic rings. The fourth-order valence-electron chi connectivity index (χ4n) is 2.39. The molecule has 0 radical (unpaired) electrons. The van der Waals surface area contributed by atoms with E-state index < -0.39 is 10.0 Å². The lowest BCUT2D eigenvalue weighted by molar-refractivity contribution is 0.103. The van der Waals surface area contributed by atoms with E-state index in [9.17, 15) is 13.2 Å². The molecule has 0 saturated heterocycles. The number of nitrogens with one attached hydrogen (secondary N) is 1. The molecule has 2 aromatic carbocycles. The topological polar surface area (TPSA) is 66.5 Å². The number of aryl methyl sites for hydroxylation is 1. The molecule has 1 amide bonds. The van der Waals surface area contributed by atoms with Gasteiger partial charge in [-0.05, 0) is 54.3 Å². The summed E-state index contributed by atoms with van der Waals surface area (Å²) in [5.41, 5.74) is 2.12. The van der Waals surface area contributed by atoms with Crippen molar-refractivity contribution in [3.05, 3.63) is 57.9 Å². The SMILES string of the molecule is Cc1ccc(NC(=O)c2cc3cc(N(C)S(C)(=O)=O)ccc3s2)cc1Cl. The van der Waals surface area contributed by atoms with Crippen LogP contribution >= 0.6 is 22.9 Å². The molecule has 3 aromatic rings. The maximum Gasteiger partial charge on any atom is 0.265 e. The molecule has 0 aliphatic heterocycles. The molecule has 0 spiro atoms. The zero-order valence-corrected chi connectivity index (χ0v) is 16.8. The van der Waals surface area contributed by atoms with Crippen molar-refractivity contribution in [3.63, 3.8) is 0 Å². The van der Waals surface area contributed by atoms with Gasteiger partial charge >= 0.3 is 0 Å². The first-order valence-corrected chi connectivity index (χ1v) is 10.7. The Balaban J connectivity index is 1.88. The Bertz CT molecular complexity index is 1110. The summed E-state index contributed by atoms with van der Waals surface area (Å²) in [6, 6.07) is 12.4. The number of hydrogen-bond donors (Lipinski definition) is 1. The molecular weight excluding hydrogens is 392 g/mol. The summed E-state index contributed by atoms with van der Waals surface area (Å²) in [6.45, 7) is 1.89. The molecule has 0 unspecified atom stereocenters. The summed E-state index contributed by atoms with van der Waals surface area (Å²) < 4.78 is 25.5. The van der Waals surface area contributed by atoms with Gasteiger partial charge in [0.2, 0.25) is 10.0 Å². The van der Waals surface area contributed by atoms with Crippen molar-refractivity contribution in [1.29, 1.82) is 0 Å². The highest BCUT2D eigenvalue weighted by Gasteiger charge is 2.15. The minimum absolute atomic E-state index is 0.232. The Hall–Kier alpha value is -2.09. The minimum atomic E-state index is -3.34. The molecule has 136 valence electrons. The van der Waals surface area contributed by atoms with Crippen LogP contribution in [0.15, 0.2) is 42.5 Å². The number of rotatable bonds is 4. The third-order valence-corrected chi connectivity index (χ3v) is 6.74. The van der Waals surface area contributed by atoms with Crippen LogP contribution in [0.4, 0.5) is 11.4 Å². The lowest BCUT2D eigenvalue weighted by atomic mass is 10.2. The van der Waals surface area contributed by atoms with Crippen LogP contribution in [0.2, 0.25) is 5.02 Å². The number of amides is 1. The largest absolute Gasteiger partial charge is 0.321 e. The maximum atomic E-state index is 12.5. The van der Waals surface area contributed by atoms with Crippen molar-refractivity contribution in [1.82, 2.24) is 0 Å². The molecule has 8 heteroatoms. The number of hydrogen-bond acceptors (Lipinski definition) is 4. The molecule has 0 aliphatic carbocycles. The second-order valence-corrected chi connectivity index (χ2v) is 9.49. The number of thiophene rings is 1. The Morgan fingerprint density at radius 2 is 1.88 bits per heavy atom. The summed E-state index contributed by atoms with van der Waals surface area (Å²) in [5, 5.41) is 4.23. The number of sulfonamides is 1. The molecule has 0 bridgehead atoms. The first-order valence-electron chi connectivity index (χ1n) is 7.70. The normalized spacial score (nSPS) is 11.5. The van der Waals surface area contributed by atoms with E-state index in [0.717, 1.165) is 21.9 Å². The predicted molar refractivity (Wildman–Crippen MR) is 109 cm³/mol. The molecule has 26 heavy (non-hydrogen) atoms. The average Bonchev–Trinajstić information content (AvgIpc) is 3.00. The summed E-state index contributed by atoms with van der Waals surface area (Å²) in [4.78, 5) is 13.0. The van der Waals surface area contributed by atoms with Gasteiger partial charge in [-0.1, -0.05) is 17.7 Å². The first-order chi connectivity index (χ1) is 12.1. The van der Waals surface area contributed by atoms with E-state index in [1.54, 1.807) is 30.3 Å². The highest BCUT2D eigenvalue weighted by molar-refractivity contribution is 7.92. The van der Waals surface area contributed by atoms with Crippen LogP contribution in [0.5, 0.6) is 0 Å². The van der Waals surface area contributed by atoms with Crippen molar-refractivity contribution >= 4 is 60.3 Å². The van der Waals surface area contributed by atoms with Crippen LogP contribution in [-0.2, 0) is 10.0 Å². The number of benzene rings is 2. The standard InChI is InChI=1S/C18H17ClN2O3S2/c1-11-4-5-13(10-15(11)19)20-18(22)17-9-12-8-14(6-7-16(12)25-17)21(2)26(3,23)24/h4-10H,1-3H3,(H,20,22). The lowest BCUT2D eigenvalue weighted by Gasteiger charge is -2.16. The molecule has 0 fully saturated rings. The summed E-state index contributed by atoms with van der Waals surface area (Å²) in [5.74, 6) is -0.232. The first kappa shape index (κ1) is 18.7. The van der Waals surface area contributed by atoms with E-state index in [1.807, 2.05) is 19.1 Å². The van der Waals surface area contributed by atoms with Crippen LogP contribution in [0.25, 0.3) is 10.1 Å². The van der Waals surface area contributed by atoms with Crippen LogP contribution in [0, 0.1) is 6.92 Å². The molecule has 3 rings (SSSR count). The Kier molecular flexibility index (Phi) is 4.96. The summed E-state index contributed by atoms with van der Waals surface area (Å²) >= 11 is 7.44. The van der Waals surface area contributed by atoms with Crippen LogP contribution < -0.4 is 9.62 Å². The number of carbonyl (C=O) groups excluding carboxylic acids is 1. The van der Waals surface area contributed by atoms with E-state index in [-0.39, 0.29) is 5.91 Å². The van der Waals surface area contributed by atoms with Gasteiger partial charge in [-0.15, -0.1) is 11.3 Å². The van der Waals surface area contributed by atoms with E-state index in [0.29, 0.717) is 21.3 Å². The quantitative estimate of drug-likeness (QED) is 0.690. The van der Waals surface area contributed by atoms with Gasteiger partial charge in [0.15, 0.2) is 0 Å². The molecule has 1 aromatic heterocycles. The molecular formula is C18H17ClN2O3S2.